The number of carbonyl (C=O) groups is 2. The van der Waals surface area contributed by atoms with Crippen LogP contribution in [0.4, 0.5) is 5.69 Å². The number of imidazole rings is 1. The van der Waals surface area contributed by atoms with Gasteiger partial charge in [-0.15, -0.1) is 0 Å². The van der Waals surface area contributed by atoms with Crippen LogP contribution in [0.2, 0.25) is 0 Å². The van der Waals surface area contributed by atoms with Crippen molar-refractivity contribution in [3.8, 4) is 0 Å². The quantitative estimate of drug-likeness (QED) is 0.457. The molecule has 2 heterocycles. The van der Waals surface area contributed by atoms with Gasteiger partial charge in [0.2, 0.25) is 5.91 Å². The number of anilines is 1. The van der Waals surface area contributed by atoms with E-state index in [1.807, 2.05) is 73.0 Å². The van der Waals surface area contributed by atoms with Gasteiger partial charge in [0.05, 0.1) is 17.3 Å². The van der Waals surface area contributed by atoms with E-state index in [1.165, 1.54) is 6.26 Å². The van der Waals surface area contributed by atoms with Crippen molar-refractivity contribution in [3.63, 3.8) is 0 Å². The van der Waals surface area contributed by atoms with Crippen LogP contribution in [0, 0.1) is 0 Å². The monoisotopic (exact) mass is 430 g/mol. The van der Waals surface area contributed by atoms with Crippen LogP contribution in [0.5, 0.6) is 0 Å². The van der Waals surface area contributed by atoms with Gasteiger partial charge in [-0.2, -0.15) is 0 Å². The molecular formula is C25H26N4O3. The number of para-hydroxylation sites is 3. The van der Waals surface area contributed by atoms with Crippen molar-refractivity contribution in [3.05, 3.63) is 84.6 Å². The van der Waals surface area contributed by atoms with Crippen LogP contribution < -0.4 is 10.2 Å². The molecule has 0 atom stereocenters. The highest BCUT2D eigenvalue weighted by Crippen LogP contribution is 2.20. The number of nitrogens with one attached hydrogen (secondary N) is 1. The first-order valence-corrected chi connectivity index (χ1v) is 10.7. The standard InChI is InChI=1S/C25H26N4O3/c1-18(2)29(19-9-4-3-5-10-19)24(30)17-28-21-12-7-6-11-20(21)27-23(28)14-15-26-25(31)22-13-8-16-32-22/h3-13,16,18H,14-15,17H2,1-2H3,(H,26,31). The first-order valence-electron chi connectivity index (χ1n) is 10.7. The average Bonchev–Trinajstić information content (AvgIpc) is 3.43. The van der Waals surface area contributed by atoms with Crippen molar-refractivity contribution in [2.75, 3.05) is 11.4 Å². The molecule has 7 nitrogen and oxygen atoms in total. The van der Waals surface area contributed by atoms with Crippen LogP contribution in [0.3, 0.4) is 0 Å². The Bertz CT molecular complexity index is 1200. The molecule has 0 aliphatic heterocycles. The molecule has 2 amide bonds. The van der Waals surface area contributed by atoms with Gasteiger partial charge in [-0.1, -0.05) is 30.3 Å². The lowest BCUT2D eigenvalue weighted by Crippen LogP contribution is -2.39. The summed E-state index contributed by atoms with van der Waals surface area (Å²) in [6.07, 6.45) is 1.95. The first-order chi connectivity index (χ1) is 15.5. The SMILES string of the molecule is CC(C)N(C(=O)Cn1c(CCNC(=O)c2ccco2)nc2ccccc21)c1ccccc1. The summed E-state index contributed by atoms with van der Waals surface area (Å²) in [4.78, 5) is 32.1. The Hall–Kier alpha value is -3.87. The number of nitrogens with zero attached hydrogens (tertiary/aromatic N) is 3. The normalized spacial score (nSPS) is 11.1. The van der Waals surface area contributed by atoms with E-state index in [0.29, 0.717) is 13.0 Å². The zero-order valence-corrected chi connectivity index (χ0v) is 18.2. The van der Waals surface area contributed by atoms with E-state index in [0.717, 1.165) is 22.5 Å². The van der Waals surface area contributed by atoms with Crippen molar-refractivity contribution < 1.29 is 14.0 Å². The van der Waals surface area contributed by atoms with Crippen LogP contribution >= 0.6 is 0 Å². The molecule has 2 aromatic heterocycles. The second-order valence-electron chi connectivity index (χ2n) is 7.78. The molecule has 0 saturated carbocycles. The summed E-state index contributed by atoms with van der Waals surface area (Å²) in [6, 6.07) is 20.7. The fourth-order valence-corrected chi connectivity index (χ4v) is 3.81. The summed E-state index contributed by atoms with van der Waals surface area (Å²) >= 11 is 0. The van der Waals surface area contributed by atoms with E-state index < -0.39 is 0 Å². The van der Waals surface area contributed by atoms with Gasteiger partial charge >= 0.3 is 0 Å². The van der Waals surface area contributed by atoms with Crippen LogP contribution in [0.15, 0.2) is 77.4 Å². The molecule has 0 radical (unpaired) electrons. The molecule has 2 aromatic carbocycles. The van der Waals surface area contributed by atoms with Crippen LogP contribution in [-0.2, 0) is 17.8 Å². The second kappa shape index (κ2) is 9.51. The Morgan fingerprint density at radius 1 is 1.03 bits per heavy atom. The van der Waals surface area contributed by atoms with Crippen molar-refractivity contribution in [2.24, 2.45) is 0 Å². The molecule has 32 heavy (non-hydrogen) atoms. The fraction of sp³-hybridized carbons (Fsp3) is 0.240. The summed E-state index contributed by atoms with van der Waals surface area (Å²) in [5.74, 6) is 0.721. The van der Waals surface area contributed by atoms with Gasteiger partial charge in [-0.3, -0.25) is 9.59 Å². The van der Waals surface area contributed by atoms with Crippen molar-refractivity contribution in [1.82, 2.24) is 14.9 Å². The Morgan fingerprint density at radius 3 is 2.50 bits per heavy atom. The molecule has 164 valence electrons. The lowest BCUT2D eigenvalue weighted by atomic mass is 10.2. The van der Waals surface area contributed by atoms with Crippen LogP contribution in [-0.4, -0.2) is 34.0 Å². The lowest BCUT2D eigenvalue weighted by Gasteiger charge is -2.27. The minimum Gasteiger partial charge on any atom is -0.459 e. The molecule has 7 heteroatoms. The van der Waals surface area contributed by atoms with Crippen molar-refractivity contribution >= 4 is 28.5 Å². The molecule has 4 aromatic rings. The van der Waals surface area contributed by atoms with Gasteiger partial charge in [0.15, 0.2) is 5.76 Å². The lowest BCUT2D eigenvalue weighted by molar-refractivity contribution is -0.119. The predicted molar refractivity (Wildman–Crippen MR) is 124 cm³/mol. The molecule has 0 fully saturated rings. The summed E-state index contributed by atoms with van der Waals surface area (Å²) < 4.78 is 7.07. The van der Waals surface area contributed by atoms with Crippen molar-refractivity contribution in [2.45, 2.75) is 32.9 Å². The minimum atomic E-state index is -0.274. The third kappa shape index (κ3) is 4.56. The maximum atomic E-state index is 13.4. The molecule has 1 N–H and O–H groups in total. The number of amides is 2. The second-order valence-corrected chi connectivity index (χ2v) is 7.78. The smallest absolute Gasteiger partial charge is 0.286 e. The topological polar surface area (TPSA) is 80.4 Å². The Labute approximate surface area is 186 Å². The molecule has 0 saturated heterocycles. The number of fused-ring (bicyclic) bond motifs is 1. The largest absolute Gasteiger partial charge is 0.459 e. The van der Waals surface area contributed by atoms with E-state index in [-0.39, 0.29) is 30.2 Å². The summed E-state index contributed by atoms with van der Waals surface area (Å²) in [6.45, 7) is 4.54. The number of hydrogen-bond donors (Lipinski definition) is 1. The number of benzene rings is 2. The van der Waals surface area contributed by atoms with Gasteiger partial charge in [0.1, 0.15) is 12.4 Å². The van der Waals surface area contributed by atoms with Gasteiger partial charge < -0.3 is 19.2 Å². The van der Waals surface area contributed by atoms with Crippen LogP contribution in [0.25, 0.3) is 11.0 Å². The number of rotatable bonds is 8. The summed E-state index contributed by atoms with van der Waals surface area (Å²) in [5, 5.41) is 2.84. The third-order valence-corrected chi connectivity index (χ3v) is 5.23. The molecular weight excluding hydrogens is 404 g/mol. The first kappa shape index (κ1) is 21.4. The Morgan fingerprint density at radius 2 is 1.78 bits per heavy atom. The van der Waals surface area contributed by atoms with Gasteiger partial charge in [0, 0.05) is 24.7 Å². The Balaban J connectivity index is 1.55. The van der Waals surface area contributed by atoms with Crippen molar-refractivity contribution in [1.29, 1.82) is 0 Å². The molecule has 0 spiro atoms. The third-order valence-electron chi connectivity index (χ3n) is 5.23. The fourth-order valence-electron chi connectivity index (χ4n) is 3.81. The van der Waals surface area contributed by atoms with Gasteiger partial charge in [0.25, 0.3) is 5.91 Å². The highest BCUT2D eigenvalue weighted by Gasteiger charge is 2.22. The molecule has 0 bridgehead atoms. The van der Waals surface area contributed by atoms with Gasteiger partial charge in [-0.05, 0) is 50.2 Å². The van der Waals surface area contributed by atoms with E-state index in [2.05, 4.69) is 5.32 Å². The van der Waals surface area contributed by atoms with E-state index >= 15 is 0 Å². The minimum absolute atomic E-state index is 0.00993. The molecule has 0 unspecified atom stereocenters. The number of aromatic nitrogens is 2. The summed E-state index contributed by atoms with van der Waals surface area (Å²) in [7, 11) is 0. The summed E-state index contributed by atoms with van der Waals surface area (Å²) in [5.41, 5.74) is 2.58. The maximum absolute atomic E-state index is 13.4. The van der Waals surface area contributed by atoms with E-state index in [1.54, 1.807) is 17.0 Å². The maximum Gasteiger partial charge on any atom is 0.286 e. The zero-order chi connectivity index (χ0) is 22.5. The number of hydrogen-bond acceptors (Lipinski definition) is 4. The van der Waals surface area contributed by atoms with E-state index in [4.69, 9.17) is 9.40 Å². The average molecular weight is 431 g/mol. The molecule has 0 aliphatic carbocycles. The molecule has 4 rings (SSSR count). The number of carbonyl (C=O) groups excluding carboxylic acids is 2. The van der Waals surface area contributed by atoms with Crippen LogP contribution in [0.1, 0.15) is 30.2 Å². The molecule has 0 aliphatic rings. The highest BCUT2D eigenvalue weighted by atomic mass is 16.3. The zero-order valence-electron chi connectivity index (χ0n) is 18.2. The predicted octanol–water partition coefficient (Wildman–Crippen LogP) is 4.04. The highest BCUT2D eigenvalue weighted by molar-refractivity contribution is 5.94. The van der Waals surface area contributed by atoms with E-state index in [9.17, 15) is 9.59 Å². The number of furan rings is 1. The van der Waals surface area contributed by atoms with Gasteiger partial charge in [-0.25, -0.2) is 4.98 Å². The Kier molecular flexibility index (Phi) is 6.35.